The molecule has 0 radical (unpaired) electrons. The van der Waals surface area contributed by atoms with Gasteiger partial charge < -0.3 is 10.4 Å². The van der Waals surface area contributed by atoms with Crippen molar-refractivity contribution in [1.29, 1.82) is 0 Å². The van der Waals surface area contributed by atoms with Crippen molar-refractivity contribution in [2.24, 2.45) is 17.3 Å². The molecule has 0 bridgehead atoms. The van der Waals surface area contributed by atoms with Crippen LogP contribution >= 0.6 is 0 Å². The number of hydrogen-bond donors (Lipinski definition) is 2. The topological polar surface area (TPSA) is 66.4 Å². The molecule has 2 N–H and O–H groups in total. The molecule has 108 valence electrons. The van der Waals surface area contributed by atoms with Crippen LogP contribution < -0.4 is 5.32 Å². The summed E-state index contributed by atoms with van der Waals surface area (Å²) in [5, 5.41) is 12.0. The van der Waals surface area contributed by atoms with Crippen molar-refractivity contribution >= 4 is 11.9 Å². The van der Waals surface area contributed by atoms with Crippen LogP contribution in [0, 0.1) is 24.2 Å². The third-order valence-corrected chi connectivity index (χ3v) is 4.28. The number of carbonyl (C=O) groups excluding carboxylic acids is 1. The van der Waals surface area contributed by atoms with Gasteiger partial charge in [0.15, 0.2) is 0 Å². The molecule has 4 heteroatoms. The summed E-state index contributed by atoms with van der Waals surface area (Å²) in [6, 6.07) is 7.83. The lowest BCUT2D eigenvalue weighted by Crippen LogP contribution is -2.30. The van der Waals surface area contributed by atoms with Crippen LogP contribution in [0.2, 0.25) is 0 Å². The van der Waals surface area contributed by atoms with Crippen LogP contribution in [0.25, 0.3) is 0 Å². The Labute approximate surface area is 119 Å². The molecule has 1 aromatic rings. The number of rotatable bonds is 4. The van der Waals surface area contributed by atoms with Gasteiger partial charge in [0.25, 0.3) is 0 Å². The van der Waals surface area contributed by atoms with Gasteiger partial charge in [-0.05, 0) is 24.8 Å². The molecule has 4 nitrogen and oxygen atoms in total. The van der Waals surface area contributed by atoms with Crippen LogP contribution in [0.15, 0.2) is 24.3 Å². The van der Waals surface area contributed by atoms with Crippen molar-refractivity contribution in [1.82, 2.24) is 5.32 Å². The van der Waals surface area contributed by atoms with E-state index in [2.05, 4.69) is 5.32 Å². The van der Waals surface area contributed by atoms with Gasteiger partial charge in [-0.15, -0.1) is 0 Å². The monoisotopic (exact) mass is 275 g/mol. The minimum atomic E-state index is -0.890. The van der Waals surface area contributed by atoms with Gasteiger partial charge >= 0.3 is 5.97 Å². The quantitative estimate of drug-likeness (QED) is 0.887. The fourth-order valence-electron chi connectivity index (χ4n) is 2.91. The Hall–Kier alpha value is -1.84. The van der Waals surface area contributed by atoms with Crippen LogP contribution in [0.3, 0.4) is 0 Å². The van der Waals surface area contributed by atoms with E-state index in [9.17, 15) is 9.59 Å². The molecule has 1 aliphatic carbocycles. The van der Waals surface area contributed by atoms with E-state index in [0.29, 0.717) is 0 Å². The maximum absolute atomic E-state index is 12.2. The SMILES string of the molecule is Cc1cccc([C@@H](C)NC(=O)C2C(C(=O)O)C2(C)C)c1. The highest BCUT2D eigenvalue weighted by atomic mass is 16.4. The maximum atomic E-state index is 12.2. The van der Waals surface area contributed by atoms with E-state index < -0.39 is 23.2 Å². The van der Waals surface area contributed by atoms with E-state index in [-0.39, 0.29) is 11.9 Å². The molecule has 2 rings (SSSR count). The van der Waals surface area contributed by atoms with E-state index in [1.165, 1.54) is 0 Å². The van der Waals surface area contributed by atoms with Crippen LogP contribution in [0.5, 0.6) is 0 Å². The van der Waals surface area contributed by atoms with E-state index in [1.54, 1.807) is 0 Å². The first-order valence-corrected chi connectivity index (χ1v) is 6.85. The zero-order valence-electron chi connectivity index (χ0n) is 12.3. The molecule has 3 atom stereocenters. The first kappa shape index (κ1) is 14.6. The third-order valence-electron chi connectivity index (χ3n) is 4.28. The van der Waals surface area contributed by atoms with Crippen molar-refractivity contribution in [2.75, 3.05) is 0 Å². The number of nitrogens with one attached hydrogen (secondary N) is 1. The van der Waals surface area contributed by atoms with Gasteiger partial charge in [-0.3, -0.25) is 9.59 Å². The second-order valence-electron chi connectivity index (χ2n) is 6.26. The Bertz CT molecular complexity index is 550. The van der Waals surface area contributed by atoms with Gasteiger partial charge in [0.1, 0.15) is 0 Å². The fourth-order valence-corrected chi connectivity index (χ4v) is 2.91. The zero-order valence-corrected chi connectivity index (χ0v) is 12.3. The fraction of sp³-hybridized carbons (Fsp3) is 0.500. The molecular formula is C16H21NO3. The number of aryl methyl sites for hydroxylation is 1. The van der Waals surface area contributed by atoms with Crippen LogP contribution in [-0.2, 0) is 9.59 Å². The third kappa shape index (κ3) is 2.55. The van der Waals surface area contributed by atoms with Crippen LogP contribution in [0.4, 0.5) is 0 Å². The molecule has 0 spiro atoms. The Kier molecular flexibility index (Phi) is 3.59. The number of aliphatic carboxylic acids is 1. The summed E-state index contributed by atoms with van der Waals surface area (Å²) in [4.78, 5) is 23.3. The molecular weight excluding hydrogens is 254 g/mol. The van der Waals surface area contributed by atoms with Crippen molar-refractivity contribution < 1.29 is 14.7 Å². The summed E-state index contributed by atoms with van der Waals surface area (Å²) in [6.07, 6.45) is 0. The number of benzene rings is 1. The summed E-state index contributed by atoms with van der Waals surface area (Å²) in [6.45, 7) is 7.57. The van der Waals surface area contributed by atoms with Gasteiger partial charge in [-0.1, -0.05) is 43.7 Å². The number of amides is 1. The molecule has 1 fully saturated rings. The molecule has 1 aromatic carbocycles. The Morgan fingerprint density at radius 3 is 2.45 bits per heavy atom. The molecule has 0 aliphatic heterocycles. The lowest BCUT2D eigenvalue weighted by atomic mass is 10.0. The lowest BCUT2D eigenvalue weighted by Gasteiger charge is -2.15. The van der Waals surface area contributed by atoms with Crippen molar-refractivity contribution in [3.63, 3.8) is 0 Å². The van der Waals surface area contributed by atoms with Gasteiger partial charge in [0.2, 0.25) is 5.91 Å². The van der Waals surface area contributed by atoms with E-state index in [0.717, 1.165) is 11.1 Å². The van der Waals surface area contributed by atoms with Gasteiger partial charge in [0.05, 0.1) is 17.9 Å². The first-order valence-electron chi connectivity index (χ1n) is 6.85. The molecule has 0 saturated heterocycles. The minimum Gasteiger partial charge on any atom is -0.481 e. The molecule has 20 heavy (non-hydrogen) atoms. The Morgan fingerprint density at radius 2 is 1.95 bits per heavy atom. The van der Waals surface area contributed by atoms with Gasteiger partial charge in [-0.25, -0.2) is 0 Å². The highest BCUT2D eigenvalue weighted by molar-refractivity contribution is 5.91. The second-order valence-corrected chi connectivity index (χ2v) is 6.26. The summed E-state index contributed by atoms with van der Waals surface area (Å²) >= 11 is 0. The van der Waals surface area contributed by atoms with Gasteiger partial charge in [-0.2, -0.15) is 0 Å². The second kappa shape index (κ2) is 4.93. The average molecular weight is 275 g/mol. The summed E-state index contributed by atoms with van der Waals surface area (Å²) in [5.41, 5.74) is 1.71. The number of carbonyl (C=O) groups is 2. The molecule has 0 aromatic heterocycles. The summed E-state index contributed by atoms with van der Waals surface area (Å²) < 4.78 is 0. The predicted octanol–water partition coefficient (Wildman–Crippen LogP) is 2.53. The zero-order chi connectivity index (χ0) is 15.1. The summed E-state index contributed by atoms with van der Waals surface area (Å²) in [7, 11) is 0. The number of carboxylic acid groups (broad SMARTS) is 1. The van der Waals surface area contributed by atoms with Crippen molar-refractivity contribution in [2.45, 2.75) is 33.7 Å². The highest BCUT2D eigenvalue weighted by Gasteiger charge is 2.65. The van der Waals surface area contributed by atoms with Crippen LogP contribution in [0.1, 0.15) is 37.9 Å². The molecule has 1 saturated carbocycles. The van der Waals surface area contributed by atoms with E-state index >= 15 is 0 Å². The summed E-state index contributed by atoms with van der Waals surface area (Å²) in [5.74, 6) is -2.07. The Morgan fingerprint density at radius 1 is 1.30 bits per heavy atom. The highest BCUT2D eigenvalue weighted by Crippen LogP contribution is 2.58. The maximum Gasteiger partial charge on any atom is 0.307 e. The normalized spacial score (nSPS) is 24.8. The van der Waals surface area contributed by atoms with Crippen molar-refractivity contribution in [3.05, 3.63) is 35.4 Å². The molecule has 1 aliphatic rings. The number of hydrogen-bond acceptors (Lipinski definition) is 2. The van der Waals surface area contributed by atoms with Gasteiger partial charge in [0, 0.05) is 0 Å². The number of carboxylic acids is 1. The first-order chi connectivity index (χ1) is 9.25. The largest absolute Gasteiger partial charge is 0.481 e. The van der Waals surface area contributed by atoms with Crippen LogP contribution in [-0.4, -0.2) is 17.0 Å². The molecule has 0 heterocycles. The average Bonchev–Trinajstić information content (AvgIpc) is 2.92. The smallest absolute Gasteiger partial charge is 0.307 e. The molecule has 1 amide bonds. The lowest BCUT2D eigenvalue weighted by molar-refractivity contribution is -0.140. The minimum absolute atomic E-state index is 0.117. The standard InChI is InChI=1S/C16H21NO3/c1-9-6-5-7-11(8-9)10(2)17-14(18)12-13(15(19)20)16(12,3)4/h5-8,10,12-13H,1-4H3,(H,17,18)(H,19,20)/t10-,12?,13?/m1/s1. The van der Waals surface area contributed by atoms with E-state index in [4.69, 9.17) is 5.11 Å². The predicted molar refractivity (Wildman–Crippen MR) is 76.1 cm³/mol. The molecule has 2 unspecified atom stereocenters. The Balaban J connectivity index is 2.04. The van der Waals surface area contributed by atoms with E-state index in [1.807, 2.05) is 52.0 Å². The van der Waals surface area contributed by atoms with Crippen molar-refractivity contribution in [3.8, 4) is 0 Å².